The molecular weight excluding hydrogens is 398 g/mol. The van der Waals surface area contributed by atoms with Gasteiger partial charge in [0.25, 0.3) is 5.91 Å². The fraction of sp³-hybridized carbons (Fsp3) is 0.333. The van der Waals surface area contributed by atoms with E-state index in [1.807, 2.05) is 18.2 Å². The second-order valence-electron chi connectivity index (χ2n) is 8.80. The number of fused-ring (bicyclic) bond motifs is 1. The number of anilines is 1. The van der Waals surface area contributed by atoms with Crippen molar-refractivity contribution in [3.63, 3.8) is 0 Å². The summed E-state index contributed by atoms with van der Waals surface area (Å²) in [6, 6.07) is 12.9. The van der Waals surface area contributed by atoms with Gasteiger partial charge in [-0.1, -0.05) is 36.7 Å². The lowest BCUT2D eigenvalue weighted by molar-refractivity contribution is -0.123. The average molecular weight is 424 g/mol. The number of benzene rings is 2. The van der Waals surface area contributed by atoms with E-state index >= 15 is 0 Å². The van der Waals surface area contributed by atoms with Crippen LogP contribution in [-0.4, -0.2) is 29.4 Å². The van der Waals surface area contributed by atoms with Gasteiger partial charge in [0.15, 0.2) is 0 Å². The van der Waals surface area contributed by atoms with Crippen LogP contribution in [0.4, 0.5) is 10.5 Å². The number of amides is 3. The number of halogens is 1. The molecule has 0 radical (unpaired) electrons. The number of urea groups is 1. The minimum Gasteiger partial charge on any atom is -0.369 e. The maximum Gasteiger partial charge on any atom is 0.329 e. The summed E-state index contributed by atoms with van der Waals surface area (Å²) in [7, 11) is 2.12. The van der Waals surface area contributed by atoms with E-state index in [1.165, 1.54) is 16.2 Å². The topological polar surface area (TPSA) is 52.7 Å². The third-order valence-electron chi connectivity index (χ3n) is 6.18. The largest absolute Gasteiger partial charge is 0.369 e. The lowest BCUT2D eigenvalue weighted by Gasteiger charge is -2.45. The van der Waals surface area contributed by atoms with Crippen LogP contribution in [0.3, 0.4) is 0 Å². The molecule has 1 N–H and O–H groups in total. The molecular formula is C24H26ClN3O2. The van der Waals surface area contributed by atoms with Gasteiger partial charge in [-0.2, -0.15) is 0 Å². The second kappa shape index (κ2) is 7.47. The Bertz CT molecular complexity index is 1040. The SMILES string of the molecule is CC1CC(C)(C)N(C)c2ccc(/C=C3\NC(=O)N(Cc4ccc(Cl)cc4)C3=O)cc21. The summed E-state index contributed by atoms with van der Waals surface area (Å²) in [5.41, 5.74) is 4.63. The molecule has 1 fully saturated rings. The summed E-state index contributed by atoms with van der Waals surface area (Å²) in [5, 5.41) is 3.33. The highest BCUT2D eigenvalue weighted by molar-refractivity contribution is 6.30. The molecule has 0 bridgehead atoms. The molecule has 5 nitrogen and oxygen atoms in total. The summed E-state index contributed by atoms with van der Waals surface area (Å²) < 4.78 is 0. The van der Waals surface area contributed by atoms with Crippen molar-refractivity contribution >= 4 is 35.3 Å². The van der Waals surface area contributed by atoms with Crippen molar-refractivity contribution in [2.24, 2.45) is 0 Å². The first-order valence-electron chi connectivity index (χ1n) is 10.1. The Morgan fingerprint density at radius 3 is 2.57 bits per heavy atom. The van der Waals surface area contributed by atoms with Crippen molar-refractivity contribution in [3.05, 3.63) is 69.9 Å². The first kappa shape index (κ1) is 20.5. The number of carbonyl (C=O) groups is 2. The average Bonchev–Trinajstić information content (AvgIpc) is 2.95. The third kappa shape index (κ3) is 3.70. The monoisotopic (exact) mass is 423 g/mol. The maximum atomic E-state index is 12.8. The molecule has 3 amide bonds. The number of nitrogens with one attached hydrogen (secondary N) is 1. The van der Waals surface area contributed by atoms with Crippen molar-refractivity contribution < 1.29 is 9.59 Å². The molecule has 0 spiro atoms. The first-order chi connectivity index (χ1) is 14.2. The standard InChI is InChI=1S/C24H26ClN3O2/c1-15-13-24(2,3)27(4)21-10-7-17(11-19(15)21)12-20-22(29)28(23(30)26-20)14-16-5-8-18(25)9-6-16/h5-12,15H,13-14H2,1-4H3,(H,26,30)/b20-12-. The summed E-state index contributed by atoms with van der Waals surface area (Å²) in [4.78, 5) is 28.7. The molecule has 0 saturated carbocycles. The van der Waals surface area contributed by atoms with E-state index in [0.29, 0.717) is 16.6 Å². The Labute approximate surface area is 182 Å². The van der Waals surface area contributed by atoms with Crippen LogP contribution in [-0.2, 0) is 11.3 Å². The molecule has 0 aliphatic carbocycles. The molecule has 2 aromatic carbocycles. The lowest BCUT2D eigenvalue weighted by Crippen LogP contribution is -2.45. The number of hydrogen-bond donors (Lipinski definition) is 1. The van der Waals surface area contributed by atoms with E-state index in [4.69, 9.17) is 11.6 Å². The normalized spacial score (nSPS) is 21.8. The van der Waals surface area contributed by atoms with Gasteiger partial charge >= 0.3 is 6.03 Å². The zero-order valence-electron chi connectivity index (χ0n) is 17.7. The summed E-state index contributed by atoms with van der Waals surface area (Å²) in [6.45, 7) is 6.95. The van der Waals surface area contributed by atoms with Crippen LogP contribution in [0, 0.1) is 0 Å². The Hall–Kier alpha value is -2.79. The maximum absolute atomic E-state index is 12.8. The van der Waals surface area contributed by atoms with Crippen LogP contribution < -0.4 is 10.2 Å². The number of hydrogen-bond acceptors (Lipinski definition) is 3. The lowest BCUT2D eigenvalue weighted by atomic mass is 9.80. The predicted molar refractivity (Wildman–Crippen MR) is 120 cm³/mol. The van der Waals surface area contributed by atoms with Crippen LogP contribution in [0.1, 0.15) is 49.8 Å². The van der Waals surface area contributed by atoms with Crippen LogP contribution in [0.25, 0.3) is 6.08 Å². The number of rotatable bonds is 3. The van der Waals surface area contributed by atoms with E-state index in [2.05, 4.69) is 50.2 Å². The van der Waals surface area contributed by atoms with Crippen molar-refractivity contribution in [3.8, 4) is 0 Å². The number of imide groups is 1. The minimum atomic E-state index is -0.408. The highest BCUT2D eigenvalue weighted by atomic mass is 35.5. The zero-order valence-corrected chi connectivity index (χ0v) is 18.5. The van der Waals surface area contributed by atoms with Gasteiger partial charge < -0.3 is 10.2 Å². The van der Waals surface area contributed by atoms with Crippen LogP contribution in [0.2, 0.25) is 5.02 Å². The molecule has 0 aromatic heterocycles. The Morgan fingerprint density at radius 1 is 1.17 bits per heavy atom. The Morgan fingerprint density at radius 2 is 1.87 bits per heavy atom. The molecule has 1 saturated heterocycles. The van der Waals surface area contributed by atoms with Crippen molar-refractivity contribution in [1.29, 1.82) is 0 Å². The van der Waals surface area contributed by atoms with E-state index in [1.54, 1.807) is 18.2 Å². The number of carbonyl (C=O) groups excluding carboxylic acids is 2. The van der Waals surface area contributed by atoms with Gasteiger partial charge in [0.2, 0.25) is 0 Å². The zero-order chi connectivity index (χ0) is 21.6. The molecule has 2 aromatic rings. The number of nitrogens with zero attached hydrogens (tertiary/aromatic N) is 2. The summed E-state index contributed by atoms with van der Waals surface area (Å²) in [6.07, 6.45) is 2.82. The summed E-state index contributed by atoms with van der Waals surface area (Å²) >= 11 is 5.91. The molecule has 6 heteroatoms. The predicted octanol–water partition coefficient (Wildman–Crippen LogP) is 5.15. The van der Waals surface area contributed by atoms with Gasteiger partial charge in [-0.3, -0.25) is 9.69 Å². The van der Waals surface area contributed by atoms with Crippen LogP contribution in [0.15, 0.2) is 48.2 Å². The van der Waals surface area contributed by atoms with Gasteiger partial charge in [0.05, 0.1) is 6.54 Å². The smallest absolute Gasteiger partial charge is 0.329 e. The molecule has 156 valence electrons. The van der Waals surface area contributed by atoms with Gasteiger partial charge in [0, 0.05) is 23.3 Å². The molecule has 2 aliphatic rings. The molecule has 2 aliphatic heterocycles. The molecule has 2 heterocycles. The second-order valence-corrected chi connectivity index (χ2v) is 9.24. The van der Waals surface area contributed by atoms with E-state index in [-0.39, 0.29) is 18.0 Å². The first-order valence-corrected chi connectivity index (χ1v) is 10.5. The molecule has 30 heavy (non-hydrogen) atoms. The van der Waals surface area contributed by atoms with E-state index < -0.39 is 6.03 Å². The fourth-order valence-corrected chi connectivity index (χ4v) is 4.47. The molecule has 4 rings (SSSR count). The van der Waals surface area contributed by atoms with Crippen molar-refractivity contribution in [1.82, 2.24) is 10.2 Å². The van der Waals surface area contributed by atoms with Crippen LogP contribution >= 0.6 is 11.6 Å². The third-order valence-corrected chi connectivity index (χ3v) is 6.44. The van der Waals surface area contributed by atoms with Gasteiger partial charge in [-0.05, 0) is 73.2 Å². The summed E-state index contributed by atoms with van der Waals surface area (Å²) in [5.74, 6) is 0.0961. The highest BCUT2D eigenvalue weighted by Crippen LogP contribution is 2.42. The molecule has 1 atom stereocenters. The van der Waals surface area contributed by atoms with E-state index in [0.717, 1.165) is 17.5 Å². The highest BCUT2D eigenvalue weighted by Gasteiger charge is 2.35. The van der Waals surface area contributed by atoms with Gasteiger partial charge in [0.1, 0.15) is 5.70 Å². The van der Waals surface area contributed by atoms with E-state index in [9.17, 15) is 9.59 Å². The molecule has 1 unspecified atom stereocenters. The van der Waals surface area contributed by atoms with Crippen molar-refractivity contribution in [2.45, 2.75) is 45.2 Å². The van der Waals surface area contributed by atoms with Crippen molar-refractivity contribution in [2.75, 3.05) is 11.9 Å². The minimum absolute atomic E-state index is 0.101. The quantitative estimate of drug-likeness (QED) is 0.548. The van der Waals surface area contributed by atoms with Gasteiger partial charge in [-0.25, -0.2) is 4.79 Å². The Kier molecular flexibility index (Phi) is 5.10. The Balaban J connectivity index is 1.58. The van der Waals surface area contributed by atoms with Gasteiger partial charge in [-0.15, -0.1) is 0 Å². The van der Waals surface area contributed by atoms with Crippen LogP contribution in [0.5, 0.6) is 0 Å². The fourth-order valence-electron chi connectivity index (χ4n) is 4.34.